The second-order valence-electron chi connectivity index (χ2n) is 11.1. The molecule has 3 aliphatic heterocycles. The Morgan fingerprint density at radius 1 is 1.08 bits per heavy atom. The number of carbonyl (C=O) groups excluding carboxylic acids is 3. The van der Waals surface area contributed by atoms with Crippen LogP contribution in [-0.2, 0) is 20.7 Å². The zero-order valence-corrected chi connectivity index (χ0v) is 22.6. The maximum Gasteiger partial charge on any atom is 0.272 e. The number of rotatable bonds is 3. The molecule has 4 heterocycles. The van der Waals surface area contributed by atoms with E-state index in [2.05, 4.69) is 27.8 Å². The molecule has 1 aromatic carbocycles. The average Bonchev–Trinajstić information content (AvgIpc) is 2.96. The molecule has 0 radical (unpaired) electrons. The molecule has 1 aromatic heterocycles. The first kappa shape index (κ1) is 27.1. The van der Waals surface area contributed by atoms with Crippen molar-refractivity contribution in [1.82, 2.24) is 20.5 Å². The van der Waals surface area contributed by atoms with Crippen LogP contribution in [0.15, 0.2) is 60.8 Å². The summed E-state index contributed by atoms with van der Waals surface area (Å²) >= 11 is 0. The van der Waals surface area contributed by atoms with E-state index >= 15 is 0 Å². The van der Waals surface area contributed by atoms with Gasteiger partial charge < -0.3 is 20.3 Å². The largest absolute Gasteiger partial charge is 0.381 e. The number of fused-ring (bicyclic) bond motifs is 1. The maximum atomic E-state index is 13.7. The predicted molar refractivity (Wildman–Crippen MR) is 148 cm³/mol. The minimum Gasteiger partial charge on any atom is -0.381 e. The second kappa shape index (κ2) is 12.1. The van der Waals surface area contributed by atoms with Crippen molar-refractivity contribution < 1.29 is 19.1 Å². The quantitative estimate of drug-likeness (QED) is 0.594. The number of ether oxygens (including phenoxy) is 1. The summed E-state index contributed by atoms with van der Waals surface area (Å²) in [5, 5.41) is 6.39. The van der Waals surface area contributed by atoms with E-state index in [0.717, 1.165) is 11.1 Å². The van der Waals surface area contributed by atoms with Crippen molar-refractivity contribution in [2.45, 2.75) is 57.5 Å². The van der Waals surface area contributed by atoms with Crippen LogP contribution in [0.4, 0.5) is 0 Å². The molecule has 2 aromatic rings. The van der Waals surface area contributed by atoms with E-state index in [1.165, 1.54) is 0 Å². The summed E-state index contributed by atoms with van der Waals surface area (Å²) in [6, 6.07) is 12.8. The van der Waals surface area contributed by atoms with Crippen LogP contribution in [0, 0.1) is 18.3 Å². The molecule has 8 nitrogen and oxygen atoms in total. The minimum absolute atomic E-state index is 0.0602. The highest BCUT2D eigenvalue weighted by Crippen LogP contribution is 2.36. The molecule has 2 N–H and O–H groups in total. The van der Waals surface area contributed by atoms with Crippen LogP contribution in [0.5, 0.6) is 0 Å². The van der Waals surface area contributed by atoms with E-state index in [0.29, 0.717) is 70.5 Å². The summed E-state index contributed by atoms with van der Waals surface area (Å²) in [6.45, 7) is 4.05. The molecule has 0 aliphatic carbocycles. The third-order valence-electron chi connectivity index (χ3n) is 8.51. The van der Waals surface area contributed by atoms with E-state index in [1.54, 1.807) is 6.20 Å². The molecule has 2 fully saturated rings. The van der Waals surface area contributed by atoms with Gasteiger partial charge in [0.1, 0.15) is 11.7 Å². The summed E-state index contributed by atoms with van der Waals surface area (Å²) in [5.41, 5.74) is 1.75. The summed E-state index contributed by atoms with van der Waals surface area (Å²) in [4.78, 5) is 46.9. The minimum atomic E-state index is -0.681. The normalized spacial score (nSPS) is 26.4. The third kappa shape index (κ3) is 6.22. The summed E-state index contributed by atoms with van der Waals surface area (Å²) < 4.78 is 5.59. The first-order chi connectivity index (χ1) is 18.9. The molecule has 0 unspecified atom stereocenters. The first-order valence-corrected chi connectivity index (χ1v) is 14.0. The van der Waals surface area contributed by atoms with Crippen LogP contribution in [0.1, 0.15) is 53.7 Å². The van der Waals surface area contributed by atoms with Crippen LogP contribution in [0.25, 0.3) is 0 Å². The molecule has 1 spiro atoms. The maximum absolute atomic E-state index is 13.7. The van der Waals surface area contributed by atoms with Gasteiger partial charge in [-0.05, 0) is 56.2 Å². The van der Waals surface area contributed by atoms with Crippen LogP contribution in [-0.4, -0.2) is 66.0 Å². The van der Waals surface area contributed by atoms with Gasteiger partial charge in [0.05, 0.1) is 5.41 Å². The van der Waals surface area contributed by atoms with Crippen molar-refractivity contribution >= 4 is 17.7 Å². The number of likely N-dealkylation sites (tertiary alicyclic amines) is 1. The van der Waals surface area contributed by atoms with Gasteiger partial charge in [-0.3, -0.25) is 19.4 Å². The van der Waals surface area contributed by atoms with Crippen molar-refractivity contribution in [1.29, 1.82) is 0 Å². The van der Waals surface area contributed by atoms with Crippen LogP contribution in [0.3, 0.4) is 0 Å². The van der Waals surface area contributed by atoms with Crippen LogP contribution in [0.2, 0.25) is 0 Å². The average molecular weight is 531 g/mol. The lowest BCUT2D eigenvalue weighted by atomic mass is 9.75. The van der Waals surface area contributed by atoms with Gasteiger partial charge in [0.25, 0.3) is 5.91 Å². The number of carbonyl (C=O) groups is 3. The number of pyridine rings is 1. The molecular formula is C31H38N4O4. The smallest absolute Gasteiger partial charge is 0.272 e. The predicted octanol–water partition coefficient (Wildman–Crippen LogP) is 3.21. The Hall–Kier alpha value is -3.52. The number of allylic oxidation sites excluding steroid dienone is 2. The highest BCUT2D eigenvalue weighted by atomic mass is 16.5. The number of aromatic nitrogens is 1. The van der Waals surface area contributed by atoms with Gasteiger partial charge in [-0.1, -0.05) is 48.6 Å². The number of benzene rings is 1. The molecule has 39 heavy (non-hydrogen) atoms. The summed E-state index contributed by atoms with van der Waals surface area (Å²) in [5.74, 6) is -0.252. The van der Waals surface area contributed by atoms with Gasteiger partial charge >= 0.3 is 0 Å². The zero-order chi connectivity index (χ0) is 27.2. The van der Waals surface area contributed by atoms with Gasteiger partial charge in [0, 0.05) is 50.9 Å². The molecule has 3 atom stereocenters. The highest BCUT2D eigenvalue weighted by molar-refractivity contribution is 5.94. The molecule has 8 heteroatoms. The standard InChI is InChI=1S/C31H38N4O4/c1-22-8-7-16-32-27(22)29(37)35-17-12-25-24(21-35)11-5-6-13-31(14-18-39-19-15-31)30(38)34-26(28(36)33-25)20-23-9-3-2-4-10-23/h2-10,16,24-26H,11-15,17-21H2,1H3,(H,33,36)(H,34,38)/b6-5+/t24-,25+,26-/m1/s1. The van der Waals surface area contributed by atoms with E-state index in [1.807, 2.05) is 54.3 Å². The fraction of sp³-hybridized carbons (Fsp3) is 0.484. The van der Waals surface area contributed by atoms with E-state index < -0.39 is 11.5 Å². The van der Waals surface area contributed by atoms with Crippen molar-refractivity contribution in [3.05, 3.63) is 77.6 Å². The number of nitrogens with zero attached hydrogens (tertiary/aromatic N) is 2. The molecule has 3 amide bonds. The monoisotopic (exact) mass is 530 g/mol. The second-order valence-corrected chi connectivity index (χ2v) is 11.1. The Balaban J connectivity index is 1.40. The van der Waals surface area contributed by atoms with Crippen molar-refractivity contribution in [3.63, 3.8) is 0 Å². The number of hydrogen-bond donors (Lipinski definition) is 2. The van der Waals surface area contributed by atoms with E-state index in [4.69, 9.17) is 4.74 Å². The Morgan fingerprint density at radius 3 is 2.64 bits per heavy atom. The number of piperidine rings is 1. The molecule has 0 saturated carbocycles. The third-order valence-corrected chi connectivity index (χ3v) is 8.51. The van der Waals surface area contributed by atoms with Crippen LogP contribution < -0.4 is 10.6 Å². The number of hydrogen-bond acceptors (Lipinski definition) is 5. The van der Waals surface area contributed by atoms with Gasteiger partial charge in [0.15, 0.2) is 0 Å². The Kier molecular flexibility index (Phi) is 8.41. The van der Waals surface area contributed by atoms with Gasteiger partial charge in [-0.25, -0.2) is 0 Å². The number of amides is 3. The Labute approximate surface area is 230 Å². The van der Waals surface area contributed by atoms with E-state index in [9.17, 15) is 14.4 Å². The lowest BCUT2D eigenvalue weighted by Crippen LogP contribution is -2.58. The van der Waals surface area contributed by atoms with Crippen molar-refractivity contribution in [3.8, 4) is 0 Å². The fourth-order valence-electron chi connectivity index (χ4n) is 6.02. The van der Waals surface area contributed by atoms with Gasteiger partial charge in [-0.2, -0.15) is 0 Å². The fourth-order valence-corrected chi connectivity index (χ4v) is 6.02. The first-order valence-electron chi connectivity index (χ1n) is 14.0. The van der Waals surface area contributed by atoms with Crippen molar-refractivity contribution in [2.24, 2.45) is 11.3 Å². The van der Waals surface area contributed by atoms with E-state index in [-0.39, 0.29) is 29.7 Å². The topological polar surface area (TPSA) is 101 Å². The molecule has 2 saturated heterocycles. The van der Waals surface area contributed by atoms with Gasteiger partial charge in [0.2, 0.25) is 11.8 Å². The molecule has 3 aliphatic rings. The molecule has 206 valence electrons. The van der Waals surface area contributed by atoms with Crippen LogP contribution >= 0.6 is 0 Å². The molecular weight excluding hydrogens is 492 g/mol. The Morgan fingerprint density at radius 2 is 1.87 bits per heavy atom. The summed E-state index contributed by atoms with van der Waals surface area (Å²) in [6.07, 6.45) is 9.53. The van der Waals surface area contributed by atoms with Crippen molar-refractivity contribution in [2.75, 3.05) is 26.3 Å². The lowest BCUT2D eigenvalue weighted by molar-refractivity contribution is -0.140. The molecule has 5 rings (SSSR count). The number of nitrogens with one attached hydrogen (secondary N) is 2. The SMILES string of the molecule is Cc1cccnc1C(=O)N1CC[C@@H]2NC(=O)[C@@H](Cc3ccccc3)NC(=O)C3(C/C=C/C[C@@H]2C1)CCOCC3. The van der Waals surface area contributed by atoms with Gasteiger partial charge in [-0.15, -0.1) is 0 Å². The number of aryl methyl sites for hydroxylation is 1. The lowest BCUT2D eigenvalue weighted by Gasteiger charge is -2.40. The molecule has 0 bridgehead atoms. The summed E-state index contributed by atoms with van der Waals surface area (Å²) in [7, 11) is 0. The Bertz CT molecular complexity index is 1210. The zero-order valence-electron chi connectivity index (χ0n) is 22.6. The highest BCUT2D eigenvalue weighted by Gasteiger charge is 2.42.